The van der Waals surface area contributed by atoms with E-state index in [9.17, 15) is 22.7 Å². The van der Waals surface area contributed by atoms with Gasteiger partial charge in [-0.3, -0.25) is 0 Å². The highest BCUT2D eigenvalue weighted by molar-refractivity contribution is 7.89. The van der Waals surface area contributed by atoms with Crippen LogP contribution >= 0.6 is 11.6 Å². The van der Waals surface area contributed by atoms with Crippen LogP contribution in [0.3, 0.4) is 0 Å². The van der Waals surface area contributed by atoms with Crippen molar-refractivity contribution < 1.29 is 27.4 Å². The Morgan fingerprint density at radius 1 is 1.60 bits per heavy atom. The summed E-state index contributed by atoms with van der Waals surface area (Å²) < 4.78 is 43.4. The van der Waals surface area contributed by atoms with Gasteiger partial charge in [-0.1, -0.05) is 11.6 Å². The highest BCUT2D eigenvalue weighted by Crippen LogP contribution is 2.25. The molecular weight excluding hydrogens is 315 g/mol. The number of hydrogen-bond acceptors (Lipinski definition) is 6. The Labute approximate surface area is 119 Å². The van der Waals surface area contributed by atoms with Gasteiger partial charge in [0.25, 0.3) is 0 Å². The molecule has 1 aromatic rings. The summed E-state index contributed by atoms with van der Waals surface area (Å²) in [5.74, 6) is -2.21. The maximum Gasteiger partial charge on any atom is 0.336 e. The molecule has 7 nitrogen and oxygen atoms in total. The molecule has 0 bridgehead atoms. The van der Waals surface area contributed by atoms with Gasteiger partial charge in [0.1, 0.15) is 4.90 Å². The fourth-order valence-corrected chi connectivity index (χ4v) is 2.72. The third-order valence-corrected chi connectivity index (χ3v) is 3.94. The minimum absolute atomic E-state index is 0.0507. The largest absolute Gasteiger partial charge is 0.467 e. The van der Waals surface area contributed by atoms with Crippen molar-refractivity contribution in [2.75, 3.05) is 19.4 Å². The Kier molecular flexibility index (Phi) is 5.28. The predicted octanol–water partition coefficient (Wildman–Crippen LogP) is -0.126. The Bertz CT molecular complexity index is 622. The number of esters is 1. The van der Waals surface area contributed by atoms with Crippen LogP contribution in [0, 0.1) is 5.82 Å². The van der Waals surface area contributed by atoms with Gasteiger partial charge in [-0.25, -0.2) is 22.3 Å². The predicted molar refractivity (Wildman–Crippen MR) is 69.0 cm³/mol. The molecule has 112 valence electrons. The van der Waals surface area contributed by atoms with E-state index in [1.807, 2.05) is 4.72 Å². The van der Waals surface area contributed by atoms with Crippen LogP contribution in [0.5, 0.6) is 0 Å². The zero-order valence-electron chi connectivity index (χ0n) is 10.3. The highest BCUT2D eigenvalue weighted by Gasteiger charge is 2.24. The molecule has 0 aliphatic carbocycles. The Hall–Kier alpha value is -1.42. The zero-order chi connectivity index (χ0) is 15.5. The number of carbonyl (C=O) groups is 1. The summed E-state index contributed by atoms with van der Waals surface area (Å²) >= 11 is 5.49. The zero-order valence-corrected chi connectivity index (χ0v) is 11.8. The first-order valence-corrected chi connectivity index (χ1v) is 7.05. The van der Waals surface area contributed by atoms with Gasteiger partial charge in [-0.05, 0) is 12.1 Å². The molecule has 0 aliphatic heterocycles. The van der Waals surface area contributed by atoms with E-state index >= 15 is 0 Å². The molecule has 0 fully saturated rings. The van der Waals surface area contributed by atoms with E-state index in [0.29, 0.717) is 0 Å². The van der Waals surface area contributed by atoms with Crippen LogP contribution in [0.15, 0.2) is 17.0 Å². The van der Waals surface area contributed by atoms with Gasteiger partial charge < -0.3 is 15.6 Å². The first kappa shape index (κ1) is 16.6. The molecule has 0 saturated heterocycles. The average molecular weight is 327 g/mol. The standard InChI is InChI=1S/C10H12ClFN2O5S/c1-19-10(16)7(15)4-14-20(17,18)8-3-5(13)2-6(11)9(8)12/h2-3,7,14-15H,4,13H2,1H3. The summed E-state index contributed by atoms with van der Waals surface area (Å²) in [4.78, 5) is 10.1. The summed E-state index contributed by atoms with van der Waals surface area (Å²) in [5, 5.41) is 8.80. The summed E-state index contributed by atoms with van der Waals surface area (Å²) in [7, 11) is -3.30. The number of sulfonamides is 1. The number of hydrogen-bond donors (Lipinski definition) is 3. The molecule has 10 heteroatoms. The summed E-state index contributed by atoms with van der Waals surface area (Å²) in [5.41, 5.74) is 5.33. The van der Waals surface area contributed by atoms with Crippen LogP contribution in [0.25, 0.3) is 0 Å². The van der Waals surface area contributed by atoms with Crippen LogP contribution in [0.1, 0.15) is 0 Å². The van der Waals surface area contributed by atoms with E-state index < -0.39 is 44.4 Å². The second-order valence-electron chi connectivity index (χ2n) is 3.71. The van der Waals surface area contributed by atoms with Gasteiger partial charge in [0.05, 0.1) is 12.1 Å². The van der Waals surface area contributed by atoms with Crippen LogP contribution in [0.4, 0.5) is 10.1 Å². The highest BCUT2D eigenvalue weighted by atomic mass is 35.5. The van der Waals surface area contributed by atoms with Gasteiger partial charge in [0.2, 0.25) is 10.0 Å². The van der Waals surface area contributed by atoms with E-state index in [1.165, 1.54) is 0 Å². The van der Waals surface area contributed by atoms with Crippen molar-refractivity contribution in [3.8, 4) is 0 Å². The molecule has 0 aromatic heterocycles. The smallest absolute Gasteiger partial charge is 0.336 e. The van der Waals surface area contributed by atoms with Crippen molar-refractivity contribution in [3.63, 3.8) is 0 Å². The van der Waals surface area contributed by atoms with Crippen molar-refractivity contribution in [3.05, 3.63) is 23.0 Å². The first-order chi connectivity index (χ1) is 9.19. The average Bonchev–Trinajstić information content (AvgIpc) is 2.39. The van der Waals surface area contributed by atoms with E-state index in [-0.39, 0.29) is 5.69 Å². The normalized spacial score (nSPS) is 13.0. The van der Waals surface area contributed by atoms with Crippen LogP contribution < -0.4 is 10.5 Å². The van der Waals surface area contributed by atoms with Crippen LogP contribution in [-0.2, 0) is 19.6 Å². The molecule has 1 rings (SSSR count). The Morgan fingerprint density at radius 2 is 2.20 bits per heavy atom. The molecule has 4 N–H and O–H groups in total. The minimum Gasteiger partial charge on any atom is -0.467 e. The van der Waals surface area contributed by atoms with E-state index in [2.05, 4.69) is 4.74 Å². The third kappa shape index (κ3) is 3.79. The second-order valence-corrected chi connectivity index (χ2v) is 5.85. The number of rotatable bonds is 5. The Morgan fingerprint density at radius 3 is 2.75 bits per heavy atom. The fraction of sp³-hybridized carbons (Fsp3) is 0.300. The number of ether oxygens (including phenoxy) is 1. The number of methoxy groups -OCH3 is 1. The summed E-state index contributed by atoms with van der Waals surface area (Å²) in [6.07, 6.45) is -1.71. The number of benzene rings is 1. The molecule has 20 heavy (non-hydrogen) atoms. The molecule has 0 radical (unpaired) electrons. The monoisotopic (exact) mass is 326 g/mol. The lowest BCUT2D eigenvalue weighted by Gasteiger charge is -2.12. The number of aliphatic hydroxyl groups excluding tert-OH is 1. The molecule has 0 aliphatic rings. The molecular formula is C10H12ClFN2O5S. The van der Waals surface area contributed by atoms with Crippen molar-refractivity contribution in [2.45, 2.75) is 11.0 Å². The van der Waals surface area contributed by atoms with Gasteiger partial charge in [0, 0.05) is 12.2 Å². The number of carbonyl (C=O) groups excluding carboxylic acids is 1. The number of aliphatic hydroxyl groups is 1. The maximum absolute atomic E-state index is 13.7. The van der Waals surface area contributed by atoms with Gasteiger partial charge in [-0.2, -0.15) is 0 Å². The van der Waals surface area contributed by atoms with Gasteiger partial charge >= 0.3 is 5.97 Å². The molecule has 1 atom stereocenters. The lowest BCUT2D eigenvalue weighted by molar-refractivity contribution is -0.149. The van der Waals surface area contributed by atoms with Crippen molar-refractivity contribution >= 4 is 33.3 Å². The number of halogens is 2. The van der Waals surface area contributed by atoms with Gasteiger partial charge in [-0.15, -0.1) is 0 Å². The second kappa shape index (κ2) is 6.35. The van der Waals surface area contributed by atoms with E-state index in [4.69, 9.17) is 17.3 Å². The fourth-order valence-electron chi connectivity index (χ4n) is 1.27. The summed E-state index contributed by atoms with van der Waals surface area (Å²) in [6.45, 7) is -0.680. The van der Waals surface area contributed by atoms with Gasteiger partial charge in [0.15, 0.2) is 11.9 Å². The van der Waals surface area contributed by atoms with Crippen LogP contribution in [-0.4, -0.2) is 39.3 Å². The molecule has 0 saturated carbocycles. The molecule has 0 heterocycles. The number of nitrogen functional groups attached to an aromatic ring is 1. The number of anilines is 1. The lowest BCUT2D eigenvalue weighted by Crippen LogP contribution is -2.37. The summed E-state index contributed by atoms with van der Waals surface area (Å²) in [6, 6.07) is 1.92. The van der Waals surface area contributed by atoms with Crippen molar-refractivity contribution in [1.29, 1.82) is 0 Å². The van der Waals surface area contributed by atoms with Crippen molar-refractivity contribution in [1.82, 2.24) is 4.72 Å². The molecule has 1 aromatic carbocycles. The quantitative estimate of drug-likeness (QED) is 0.512. The van der Waals surface area contributed by atoms with E-state index in [0.717, 1.165) is 19.2 Å². The lowest BCUT2D eigenvalue weighted by atomic mass is 10.3. The third-order valence-electron chi connectivity index (χ3n) is 2.25. The van der Waals surface area contributed by atoms with Crippen LogP contribution in [0.2, 0.25) is 5.02 Å². The van der Waals surface area contributed by atoms with E-state index in [1.54, 1.807) is 0 Å². The SMILES string of the molecule is COC(=O)C(O)CNS(=O)(=O)c1cc(N)cc(Cl)c1F. The first-order valence-electron chi connectivity index (χ1n) is 5.19. The number of nitrogens with one attached hydrogen (secondary N) is 1. The molecule has 1 unspecified atom stereocenters. The minimum atomic E-state index is -4.33. The topological polar surface area (TPSA) is 119 Å². The number of nitrogens with two attached hydrogens (primary N) is 1. The molecule has 0 spiro atoms. The Balaban J connectivity index is 2.98. The maximum atomic E-state index is 13.7. The van der Waals surface area contributed by atoms with Crippen molar-refractivity contribution in [2.24, 2.45) is 0 Å². The molecule has 0 amide bonds.